The first-order chi connectivity index (χ1) is 12.1. The van der Waals surface area contributed by atoms with Gasteiger partial charge in [0.05, 0.1) is 10.6 Å². The molecule has 0 saturated heterocycles. The van der Waals surface area contributed by atoms with Crippen molar-refractivity contribution in [1.29, 1.82) is 0 Å². The van der Waals surface area contributed by atoms with Crippen LogP contribution in [0.2, 0.25) is 0 Å². The summed E-state index contributed by atoms with van der Waals surface area (Å²) in [5, 5.41) is 8.06. The number of hydrogen-bond acceptors (Lipinski definition) is 5. The van der Waals surface area contributed by atoms with Gasteiger partial charge in [-0.3, -0.25) is 14.9 Å². The monoisotopic (exact) mass is 371 g/mol. The van der Waals surface area contributed by atoms with E-state index in [9.17, 15) is 9.59 Å². The normalized spacial score (nSPS) is 10.5. The fraction of sp³-hybridized carbons (Fsp3) is 0.167. The molecule has 3 aromatic rings. The molecule has 0 aliphatic carbocycles. The quantitative estimate of drug-likeness (QED) is 0.689. The van der Waals surface area contributed by atoms with Crippen LogP contribution in [-0.2, 0) is 6.42 Å². The molecule has 7 heteroatoms. The number of hydrogen-bond donors (Lipinski definition) is 2. The summed E-state index contributed by atoms with van der Waals surface area (Å²) in [5.41, 5.74) is 2.04. The molecule has 1 aromatic carbocycles. The van der Waals surface area contributed by atoms with Gasteiger partial charge in [0.25, 0.3) is 11.8 Å². The van der Waals surface area contributed by atoms with Gasteiger partial charge >= 0.3 is 0 Å². The predicted molar refractivity (Wildman–Crippen MR) is 103 cm³/mol. The van der Waals surface area contributed by atoms with Gasteiger partial charge in [0.1, 0.15) is 0 Å². The standard InChI is InChI=1S/C18H17N3O2S2/c1-3-14-11(2)25-18(20-14)21-16(22)12-6-4-7-13(10-12)19-17(23)15-8-5-9-24-15/h4-10H,3H2,1-2H3,(H,19,23)(H,20,21,22). The lowest BCUT2D eigenvalue weighted by atomic mass is 10.2. The molecular formula is C18H17N3O2S2. The highest BCUT2D eigenvalue weighted by molar-refractivity contribution is 7.15. The molecule has 0 bridgehead atoms. The van der Waals surface area contributed by atoms with Gasteiger partial charge in [-0.1, -0.05) is 19.1 Å². The Morgan fingerprint density at radius 1 is 1.12 bits per heavy atom. The number of amides is 2. The Labute approximate surface area is 153 Å². The van der Waals surface area contributed by atoms with E-state index >= 15 is 0 Å². The van der Waals surface area contributed by atoms with E-state index in [1.54, 1.807) is 30.3 Å². The Morgan fingerprint density at radius 3 is 2.64 bits per heavy atom. The van der Waals surface area contributed by atoms with Crippen LogP contribution in [0.15, 0.2) is 41.8 Å². The molecule has 0 spiro atoms. The predicted octanol–water partition coefficient (Wildman–Crippen LogP) is 4.58. The first kappa shape index (κ1) is 17.3. The number of thiazole rings is 1. The van der Waals surface area contributed by atoms with Crippen molar-refractivity contribution in [2.75, 3.05) is 10.6 Å². The minimum absolute atomic E-state index is 0.185. The van der Waals surface area contributed by atoms with Gasteiger partial charge in [-0.25, -0.2) is 4.98 Å². The van der Waals surface area contributed by atoms with E-state index in [0.717, 1.165) is 17.0 Å². The van der Waals surface area contributed by atoms with E-state index < -0.39 is 0 Å². The zero-order valence-corrected chi connectivity index (χ0v) is 15.5. The highest BCUT2D eigenvalue weighted by Gasteiger charge is 2.13. The molecule has 25 heavy (non-hydrogen) atoms. The first-order valence-electron chi connectivity index (χ1n) is 7.79. The Balaban J connectivity index is 1.71. The summed E-state index contributed by atoms with van der Waals surface area (Å²) in [6.45, 7) is 4.03. The number of aromatic nitrogens is 1. The van der Waals surface area contributed by atoms with Gasteiger partial charge in [-0.05, 0) is 43.0 Å². The van der Waals surface area contributed by atoms with Crippen molar-refractivity contribution in [2.24, 2.45) is 0 Å². The average Bonchev–Trinajstić information content (AvgIpc) is 3.24. The topological polar surface area (TPSA) is 71.1 Å². The van der Waals surface area contributed by atoms with Crippen LogP contribution in [-0.4, -0.2) is 16.8 Å². The van der Waals surface area contributed by atoms with Crippen LogP contribution in [0.1, 0.15) is 37.5 Å². The van der Waals surface area contributed by atoms with Crippen LogP contribution in [0.4, 0.5) is 10.8 Å². The van der Waals surface area contributed by atoms with Crippen LogP contribution in [0, 0.1) is 6.92 Å². The summed E-state index contributed by atoms with van der Waals surface area (Å²) < 4.78 is 0. The van der Waals surface area contributed by atoms with E-state index in [4.69, 9.17) is 0 Å². The van der Waals surface area contributed by atoms with Gasteiger partial charge in [0, 0.05) is 16.1 Å². The lowest BCUT2D eigenvalue weighted by Gasteiger charge is -2.06. The zero-order chi connectivity index (χ0) is 17.8. The third-order valence-electron chi connectivity index (χ3n) is 3.58. The molecule has 128 valence electrons. The van der Waals surface area contributed by atoms with Gasteiger partial charge in [-0.2, -0.15) is 0 Å². The fourth-order valence-corrected chi connectivity index (χ4v) is 3.83. The molecule has 3 rings (SSSR count). The van der Waals surface area contributed by atoms with Crippen LogP contribution in [0.25, 0.3) is 0 Å². The molecule has 2 amide bonds. The Kier molecular flexibility index (Phi) is 5.25. The number of nitrogens with one attached hydrogen (secondary N) is 2. The number of carbonyl (C=O) groups excluding carboxylic acids is 2. The van der Waals surface area contributed by atoms with Crippen molar-refractivity contribution in [2.45, 2.75) is 20.3 Å². The van der Waals surface area contributed by atoms with Gasteiger partial charge in [0.2, 0.25) is 0 Å². The van der Waals surface area contributed by atoms with Gasteiger partial charge in [-0.15, -0.1) is 22.7 Å². The minimum Gasteiger partial charge on any atom is -0.321 e. The fourth-order valence-electron chi connectivity index (χ4n) is 2.32. The molecule has 0 aliphatic rings. The van der Waals surface area contributed by atoms with E-state index in [1.165, 1.54) is 22.7 Å². The van der Waals surface area contributed by atoms with Crippen LogP contribution in [0.5, 0.6) is 0 Å². The van der Waals surface area contributed by atoms with E-state index in [1.807, 2.05) is 25.3 Å². The third-order valence-corrected chi connectivity index (χ3v) is 5.37. The largest absolute Gasteiger partial charge is 0.321 e. The number of thiophene rings is 1. The van der Waals surface area contributed by atoms with E-state index in [-0.39, 0.29) is 11.8 Å². The van der Waals surface area contributed by atoms with Crippen LogP contribution < -0.4 is 10.6 Å². The molecule has 0 radical (unpaired) electrons. The van der Waals surface area contributed by atoms with Crippen molar-refractivity contribution in [1.82, 2.24) is 4.98 Å². The molecule has 0 aliphatic heterocycles. The van der Waals surface area contributed by atoms with Crippen LogP contribution in [0.3, 0.4) is 0 Å². The second-order valence-electron chi connectivity index (χ2n) is 5.34. The summed E-state index contributed by atoms with van der Waals surface area (Å²) in [7, 11) is 0. The third kappa shape index (κ3) is 4.12. The molecule has 2 aromatic heterocycles. The summed E-state index contributed by atoms with van der Waals surface area (Å²) in [6, 6.07) is 10.4. The number of aryl methyl sites for hydroxylation is 2. The van der Waals surface area contributed by atoms with Crippen molar-refractivity contribution in [3.63, 3.8) is 0 Å². The number of rotatable bonds is 5. The molecule has 2 heterocycles. The summed E-state index contributed by atoms with van der Waals surface area (Å²) in [6.07, 6.45) is 0.836. The Bertz CT molecular complexity index is 901. The number of benzene rings is 1. The molecule has 0 fully saturated rings. The number of carbonyl (C=O) groups is 2. The number of nitrogens with zero attached hydrogens (tertiary/aromatic N) is 1. The van der Waals surface area contributed by atoms with Crippen molar-refractivity contribution < 1.29 is 9.59 Å². The van der Waals surface area contributed by atoms with Gasteiger partial charge in [0.15, 0.2) is 5.13 Å². The zero-order valence-electron chi connectivity index (χ0n) is 13.8. The molecule has 0 atom stereocenters. The molecule has 0 saturated carbocycles. The smallest absolute Gasteiger partial charge is 0.265 e. The molecular weight excluding hydrogens is 354 g/mol. The minimum atomic E-state index is -0.247. The van der Waals surface area contributed by atoms with Crippen molar-refractivity contribution in [3.05, 3.63) is 62.8 Å². The Morgan fingerprint density at radius 2 is 1.96 bits per heavy atom. The molecule has 5 nitrogen and oxygen atoms in total. The summed E-state index contributed by atoms with van der Waals surface area (Å²) in [4.78, 5) is 30.7. The highest BCUT2D eigenvalue weighted by Crippen LogP contribution is 2.23. The molecule has 0 unspecified atom stereocenters. The average molecular weight is 371 g/mol. The second kappa shape index (κ2) is 7.58. The second-order valence-corrected chi connectivity index (χ2v) is 7.49. The van der Waals surface area contributed by atoms with Gasteiger partial charge < -0.3 is 5.32 Å². The van der Waals surface area contributed by atoms with Crippen LogP contribution >= 0.6 is 22.7 Å². The van der Waals surface area contributed by atoms with Crippen molar-refractivity contribution in [3.8, 4) is 0 Å². The SMILES string of the molecule is CCc1nc(NC(=O)c2cccc(NC(=O)c3cccs3)c2)sc1C. The highest BCUT2D eigenvalue weighted by atomic mass is 32.1. The van der Waals surface area contributed by atoms with E-state index in [0.29, 0.717) is 21.3 Å². The Hall–Kier alpha value is -2.51. The summed E-state index contributed by atoms with van der Waals surface area (Å²) >= 11 is 2.83. The lowest BCUT2D eigenvalue weighted by Crippen LogP contribution is -2.14. The van der Waals surface area contributed by atoms with E-state index in [2.05, 4.69) is 15.6 Å². The lowest BCUT2D eigenvalue weighted by molar-refractivity contribution is 0.101. The summed E-state index contributed by atoms with van der Waals surface area (Å²) in [5.74, 6) is -0.431. The maximum atomic E-state index is 12.4. The number of anilines is 2. The first-order valence-corrected chi connectivity index (χ1v) is 9.49. The maximum absolute atomic E-state index is 12.4. The molecule has 2 N–H and O–H groups in total. The van der Waals surface area contributed by atoms with Crippen molar-refractivity contribution >= 4 is 45.3 Å². The maximum Gasteiger partial charge on any atom is 0.265 e.